The van der Waals surface area contributed by atoms with Gasteiger partial charge >= 0.3 is 0 Å². The van der Waals surface area contributed by atoms with Gasteiger partial charge in [0.2, 0.25) is 11.9 Å². The third-order valence-corrected chi connectivity index (χ3v) is 13.8. The van der Waals surface area contributed by atoms with Crippen LogP contribution in [0.4, 0.5) is 5.95 Å². The topological polar surface area (TPSA) is 146 Å². The Balaban J connectivity index is 1.37. The van der Waals surface area contributed by atoms with Gasteiger partial charge in [-0.05, 0) is 15.4 Å². The highest BCUT2D eigenvalue weighted by atomic mass is 28.4. The fraction of sp³-hybridized carbons (Fsp3) is 0.438. The van der Waals surface area contributed by atoms with Crippen LogP contribution < -0.4 is 27.0 Å². The van der Waals surface area contributed by atoms with E-state index in [1.165, 1.54) is 16.7 Å². The molecule has 0 spiro atoms. The summed E-state index contributed by atoms with van der Waals surface area (Å²) in [7, 11) is -2.87. The molecule has 4 heterocycles. The number of carbonyl (C=O) groups excluding carboxylic acids is 1. The minimum atomic E-state index is -2.87. The Kier molecular flexibility index (Phi) is 7.83. The lowest BCUT2D eigenvalue weighted by Crippen LogP contribution is -2.69. The second kappa shape index (κ2) is 11.3. The number of ether oxygens (including phenoxy) is 2. The fourth-order valence-corrected chi connectivity index (χ4v) is 11.1. The highest BCUT2D eigenvalue weighted by Gasteiger charge is 2.60. The van der Waals surface area contributed by atoms with Crippen molar-refractivity contribution in [3.05, 3.63) is 77.3 Å². The molecule has 232 valence electrons. The average Bonchev–Trinajstić information content (AvgIpc) is 3.46. The van der Waals surface area contributed by atoms with Gasteiger partial charge in [-0.2, -0.15) is 4.98 Å². The first-order chi connectivity index (χ1) is 21.0. The number of aromatic amines is 1. The van der Waals surface area contributed by atoms with E-state index in [-0.39, 0.29) is 40.6 Å². The Labute approximate surface area is 257 Å². The lowest BCUT2D eigenvalue weighted by molar-refractivity contribution is -0.118. The Morgan fingerprint density at radius 1 is 1.16 bits per heavy atom. The van der Waals surface area contributed by atoms with Crippen molar-refractivity contribution < 1.29 is 18.7 Å². The SMILES string of the molecule is CC(C)C(=O)Nc1nc2c(ncn2[C@@H]2O[C@@]3(CO[Si](c4ccccc4)(c4ccccc4)C(C)(C)C)CCO[C@@H]2[C@@H]3N)c(=O)[nH]1. The Morgan fingerprint density at radius 2 is 1.80 bits per heavy atom. The van der Waals surface area contributed by atoms with Crippen molar-refractivity contribution in [3.8, 4) is 0 Å². The third kappa shape index (κ3) is 5.00. The van der Waals surface area contributed by atoms with E-state index in [0.717, 1.165) is 0 Å². The highest BCUT2D eigenvalue weighted by molar-refractivity contribution is 6.99. The number of benzene rings is 2. The molecular formula is C32H40N6O5Si. The zero-order valence-corrected chi connectivity index (χ0v) is 26.7. The number of carbonyl (C=O) groups is 1. The highest BCUT2D eigenvalue weighted by Crippen LogP contribution is 2.46. The number of hydrogen-bond acceptors (Lipinski definition) is 8. The van der Waals surface area contributed by atoms with Gasteiger partial charge in [-0.1, -0.05) is 95.3 Å². The summed E-state index contributed by atoms with van der Waals surface area (Å²) in [6.45, 7) is 10.9. The Hall–Kier alpha value is -3.68. The number of anilines is 1. The van der Waals surface area contributed by atoms with Crippen LogP contribution >= 0.6 is 0 Å². The molecule has 6 rings (SSSR count). The summed E-state index contributed by atoms with van der Waals surface area (Å²) >= 11 is 0. The monoisotopic (exact) mass is 616 g/mol. The van der Waals surface area contributed by atoms with Crippen LogP contribution in [-0.4, -0.2) is 64.7 Å². The number of nitrogens with one attached hydrogen (secondary N) is 2. The summed E-state index contributed by atoms with van der Waals surface area (Å²) in [5.74, 6) is -0.518. The maximum Gasteiger partial charge on any atom is 0.280 e. The van der Waals surface area contributed by atoms with Gasteiger partial charge in [-0.3, -0.25) is 24.5 Å². The molecule has 1 amide bonds. The van der Waals surface area contributed by atoms with Crippen molar-refractivity contribution in [2.45, 2.75) is 70.1 Å². The zero-order chi connectivity index (χ0) is 31.3. The molecular weight excluding hydrogens is 576 g/mol. The molecule has 2 aliphatic rings. The first-order valence-electron chi connectivity index (χ1n) is 15.0. The maximum absolute atomic E-state index is 12.9. The van der Waals surface area contributed by atoms with Crippen LogP contribution in [0, 0.1) is 5.92 Å². The van der Waals surface area contributed by atoms with Gasteiger partial charge in [0.1, 0.15) is 11.7 Å². The molecule has 4 atom stereocenters. The summed E-state index contributed by atoms with van der Waals surface area (Å²) in [4.78, 5) is 36.7. The summed E-state index contributed by atoms with van der Waals surface area (Å²) in [6, 6.07) is 20.4. The van der Waals surface area contributed by atoms with Crippen LogP contribution in [-0.2, 0) is 18.7 Å². The molecule has 2 aromatic carbocycles. The standard InChI is InChI=1S/C32H40N6O5Si/c1-20(2)27(39)36-30-35-26-23(28(40)37-30)34-19-38(26)29-24-25(33)32(43-29,16-17-41-24)18-42-44(31(3,4)5,21-12-8-6-9-13-21)22-14-10-7-11-15-22/h6-15,19-20,24-25,29H,16-18,33H2,1-5H3,(H2,35,36,37,39,40)/t24-,25+,29-,32-/m1/s1. The minimum Gasteiger partial charge on any atom is -0.404 e. The largest absolute Gasteiger partial charge is 0.404 e. The number of H-pyrrole nitrogens is 1. The zero-order valence-electron chi connectivity index (χ0n) is 25.7. The van der Waals surface area contributed by atoms with Crippen molar-refractivity contribution in [2.75, 3.05) is 18.5 Å². The van der Waals surface area contributed by atoms with Crippen molar-refractivity contribution in [3.63, 3.8) is 0 Å². The summed E-state index contributed by atoms with van der Waals surface area (Å²) in [5, 5.41) is 4.78. The van der Waals surface area contributed by atoms with E-state index in [1.54, 1.807) is 18.4 Å². The number of hydrogen-bond donors (Lipinski definition) is 3. The van der Waals surface area contributed by atoms with E-state index in [4.69, 9.17) is 19.6 Å². The van der Waals surface area contributed by atoms with E-state index in [9.17, 15) is 9.59 Å². The van der Waals surface area contributed by atoms with Gasteiger partial charge in [0, 0.05) is 12.3 Å². The minimum absolute atomic E-state index is 0.0406. The summed E-state index contributed by atoms with van der Waals surface area (Å²) < 4.78 is 22.0. The molecule has 0 saturated carbocycles. The molecule has 2 fully saturated rings. The quantitative estimate of drug-likeness (QED) is 0.256. The molecule has 2 bridgehead atoms. The van der Waals surface area contributed by atoms with Gasteiger partial charge < -0.3 is 19.6 Å². The maximum atomic E-state index is 12.9. The summed E-state index contributed by atoms with van der Waals surface area (Å²) in [6.07, 6.45) is 0.816. The molecule has 12 heteroatoms. The molecule has 2 aromatic heterocycles. The molecule has 2 saturated heterocycles. The van der Waals surface area contributed by atoms with Crippen molar-refractivity contribution in [1.29, 1.82) is 0 Å². The lowest BCUT2D eigenvalue weighted by Gasteiger charge is -2.46. The number of rotatable bonds is 8. The molecule has 0 unspecified atom stereocenters. The van der Waals surface area contributed by atoms with E-state index in [0.29, 0.717) is 13.0 Å². The summed E-state index contributed by atoms with van der Waals surface area (Å²) in [5.41, 5.74) is 6.01. The molecule has 2 aliphatic heterocycles. The normalized spacial score (nSPS) is 23.8. The van der Waals surface area contributed by atoms with Crippen LogP contribution in [0.2, 0.25) is 5.04 Å². The molecule has 44 heavy (non-hydrogen) atoms. The Bertz CT molecular complexity index is 1660. The van der Waals surface area contributed by atoms with Gasteiger partial charge in [-0.25, -0.2) is 4.98 Å². The van der Waals surface area contributed by atoms with Crippen LogP contribution in [0.5, 0.6) is 0 Å². The van der Waals surface area contributed by atoms with Crippen LogP contribution in [0.25, 0.3) is 11.2 Å². The van der Waals surface area contributed by atoms with E-state index < -0.39 is 37.9 Å². The first kappa shape index (κ1) is 30.3. The van der Waals surface area contributed by atoms with Crippen molar-refractivity contribution in [1.82, 2.24) is 19.5 Å². The predicted octanol–water partition coefficient (Wildman–Crippen LogP) is 2.67. The van der Waals surface area contributed by atoms with Gasteiger partial charge in [-0.15, -0.1) is 0 Å². The van der Waals surface area contributed by atoms with E-state index in [2.05, 4.69) is 89.6 Å². The van der Waals surface area contributed by atoms with Gasteiger partial charge in [0.15, 0.2) is 17.4 Å². The predicted molar refractivity (Wildman–Crippen MR) is 170 cm³/mol. The van der Waals surface area contributed by atoms with Crippen LogP contribution in [0.3, 0.4) is 0 Å². The number of fused-ring (bicyclic) bond motifs is 3. The van der Waals surface area contributed by atoms with E-state index in [1.807, 2.05) is 12.1 Å². The van der Waals surface area contributed by atoms with Crippen LogP contribution in [0.1, 0.15) is 47.3 Å². The number of aromatic nitrogens is 4. The molecule has 0 aliphatic carbocycles. The van der Waals surface area contributed by atoms with Crippen molar-refractivity contribution in [2.24, 2.45) is 11.7 Å². The average molecular weight is 617 g/mol. The van der Waals surface area contributed by atoms with Crippen LogP contribution in [0.15, 0.2) is 71.8 Å². The Morgan fingerprint density at radius 3 is 2.39 bits per heavy atom. The number of nitrogens with two attached hydrogens (primary N) is 1. The number of amides is 1. The van der Waals surface area contributed by atoms with E-state index >= 15 is 0 Å². The van der Waals surface area contributed by atoms with Gasteiger partial charge in [0.25, 0.3) is 13.9 Å². The fourth-order valence-electron chi connectivity index (χ4n) is 6.48. The number of nitrogens with zero attached hydrogens (tertiary/aromatic N) is 3. The molecule has 4 N–H and O–H groups in total. The van der Waals surface area contributed by atoms with Gasteiger partial charge in [0.05, 0.1) is 25.6 Å². The second-order valence-electron chi connectivity index (χ2n) is 13.0. The smallest absolute Gasteiger partial charge is 0.280 e. The molecule has 0 radical (unpaired) electrons. The second-order valence-corrected chi connectivity index (χ2v) is 17.3. The lowest BCUT2D eigenvalue weighted by atomic mass is 9.89. The molecule has 11 nitrogen and oxygen atoms in total. The number of imidazole rings is 1. The molecule has 4 aromatic rings. The van der Waals surface area contributed by atoms with Crippen molar-refractivity contribution >= 4 is 41.7 Å². The first-order valence-corrected chi connectivity index (χ1v) is 17.0. The third-order valence-electron chi connectivity index (χ3n) is 8.86.